The minimum Gasteiger partial charge on any atom is -0.507 e. The maximum absolute atomic E-state index is 10.9. The number of benzene rings is 1. The van der Waals surface area contributed by atoms with Gasteiger partial charge in [-0.15, -0.1) is 0 Å². The fourth-order valence-electron chi connectivity index (χ4n) is 3.57. The van der Waals surface area contributed by atoms with E-state index in [2.05, 4.69) is 63.2 Å². The number of aryl methyl sites for hydroxylation is 1. The van der Waals surface area contributed by atoms with Crippen molar-refractivity contribution in [1.82, 2.24) is 9.55 Å². The average molecular weight is 326 g/mol. The summed E-state index contributed by atoms with van der Waals surface area (Å²) in [5, 5.41) is 10.9. The number of rotatable bonds is 1. The minimum atomic E-state index is -0.106. The molecular formula is C21H30N2O. The summed E-state index contributed by atoms with van der Waals surface area (Å²) in [5.41, 5.74) is 4.16. The molecular weight excluding hydrogens is 296 g/mol. The van der Waals surface area contributed by atoms with E-state index in [4.69, 9.17) is 0 Å². The molecule has 0 atom stereocenters. The zero-order valence-electron chi connectivity index (χ0n) is 15.9. The molecule has 1 aliphatic heterocycles. The van der Waals surface area contributed by atoms with Crippen LogP contribution in [0.5, 0.6) is 5.75 Å². The first-order valence-corrected chi connectivity index (χ1v) is 9.02. The first-order valence-electron chi connectivity index (χ1n) is 9.02. The van der Waals surface area contributed by atoms with E-state index >= 15 is 0 Å². The molecule has 0 saturated heterocycles. The van der Waals surface area contributed by atoms with E-state index in [1.165, 1.54) is 29.9 Å². The van der Waals surface area contributed by atoms with Gasteiger partial charge in [0.15, 0.2) is 0 Å². The van der Waals surface area contributed by atoms with Crippen LogP contribution in [0.3, 0.4) is 0 Å². The lowest BCUT2D eigenvalue weighted by Gasteiger charge is -2.28. The highest BCUT2D eigenvalue weighted by Gasteiger charge is 2.27. The molecule has 1 aliphatic rings. The molecule has 0 saturated carbocycles. The van der Waals surface area contributed by atoms with E-state index in [0.717, 1.165) is 24.1 Å². The van der Waals surface area contributed by atoms with Crippen molar-refractivity contribution < 1.29 is 5.11 Å². The van der Waals surface area contributed by atoms with Crippen molar-refractivity contribution >= 4 is 0 Å². The summed E-state index contributed by atoms with van der Waals surface area (Å²) in [7, 11) is 0. The highest BCUT2D eigenvalue weighted by atomic mass is 16.3. The first-order chi connectivity index (χ1) is 11.1. The molecule has 0 bridgehead atoms. The third-order valence-electron chi connectivity index (χ3n) is 4.99. The summed E-state index contributed by atoms with van der Waals surface area (Å²) in [6, 6.07) is 4.31. The fraction of sp³-hybridized carbons (Fsp3) is 0.571. The Kier molecular flexibility index (Phi) is 4.01. The second-order valence-corrected chi connectivity index (χ2v) is 9.09. The van der Waals surface area contributed by atoms with Crippen LogP contribution in [0.1, 0.15) is 71.3 Å². The molecule has 0 aliphatic carbocycles. The van der Waals surface area contributed by atoms with Gasteiger partial charge < -0.3 is 9.67 Å². The fourth-order valence-corrected chi connectivity index (χ4v) is 3.57. The topological polar surface area (TPSA) is 38.0 Å². The van der Waals surface area contributed by atoms with Crippen LogP contribution < -0.4 is 0 Å². The number of phenolic OH excluding ortho intramolecular Hbond substituents is 1. The zero-order valence-corrected chi connectivity index (χ0v) is 15.9. The van der Waals surface area contributed by atoms with Crippen molar-refractivity contribution in [1.29, 1.82) is 0 Å². The smallest absolute Gasteiger partial charge is 0.123 e. The van der Waals surface area contributed by atoms with Crippen molar-refractivity contribution in [2.45, 2.75) is 78.2 Å². The highest BCUT2D eigenvalue weighted by Crippen LogP contribution is 2.42. The van der Waals surface area contributed by atoms with Gasteiger partial charge in [0, 0.05) is 29.7 Å². The molecule has 0 amide bonds. The molecule has 1 aromatic carbocycles. The molecule has 3 nitrogen and oxygen atoms in total. The Morgan fingerprint density at radius 1 is 0.958 bits per heavy atom. The monoisotopic (exact) mass is 326 g/mol. The summed E-state index contributed by atoms with van der Waals surface area (Å²) in [4.78, 5) is 4.64. The van der Waals surface area contributed by atoms with Gasteiger partial charge in [0.1, 0.15) is 11.6 Å². The molecule has 3 rings (SSSR count). The molecule has 2 heterocycles. The van der Waals surface area contributed by atoms with E-state index < -0.39 is 0 Å². The van der Waals surface area contributed by atoms with E-state index in [1.807, 2.05) is 6.20 Å². The predicted octanol–water partition coefficient (Wildman–Crippen LogP) is 5.19. The molecule has 0 fully saturated rings. The van der Waals surface area contributed by atoms with Gasteiger partial charge in [-0.3, -0.25) is 0 Å². The lowest BCUT2D eigenvalue weighted by atomic mass is 9.78. The Labute approximate surface area is 145 Å². The van der Waals surface area contributed by atoms with Gasteiger partial charge in [-0.05, 0) is 35.8 Å². The lowest BCUT2D eigenvalue weighted by molar-refractivity contribution is 0.423. The van der Waals surface area contributed by atoms with Gasteiger partial charge in [-0.2, -0.15) is 0 Å². The van der Waals surface area contributed by atoms with Gasteiger partial charge in [0.2, 0.25) is 0 Å². The van der Waals surface area contributed by atoms with Crippen LogP contribution in [0.2, 0.25) is 0 Å². The summed E-state index contributed by atoms with van der Waals surface area (Å²) >= 11 is 0. The Balaban J connectivity index is 2.24. The Bertz CT molecular complexity index is 722. The molecule has 0 radical (unpaired) electrons. The Morgan fingerprint density at radius 3 is 2.08 bits per heavy atom. The van der Waals surface area contributed by atoms with Crippen molar-refractivity contribution in [2.75, 3.05) is 0 Å². The number of phenols is 1. The quantitative estimate of drug-likeness (QED) is 0.783. The van der Waals surface area contributed by atoms with E-state index in [0.29, 0.717) is 5.75 Å². The van der Waals surface area contributed by atoms with Gasteiger partial charge >= 0.3 is 0 Å². The second kappa shape index (κ2) is 5.65. The summed E-state index contributed by atoms with van der Waals surface area (Å²) < 4.78 is 2.36. The number of hydrogen-bond donors (Lipinski definition) is 1. The number of aromatic nitrogens is 2. The SMILES string of the molecule is CC(C)(C)c1cc(-c2cnc3n2CCCC3)cc(C(C)(C)C)c1O. The van der Waals surface area contributed by atoms with Gasteiger partial charge in [0.25, 0.3) is 0 Å². The van der Waals surface area contributed by atoms with Gasteiger partial charge in [0.05, 0.1) is 11.9 Å². The predicted molar refractivity (Wildman–Crippen MR) is 99.7 cm³/mol. The van der Waals surface area contributed by atoms with Crippen molar-refractivity contribution in [3.63, 3.8) is 0 Å². The van der Waals surface area contributed by atoms with Crippen LogP contribution >= 0.6 is 0 Å². The molecule has 2 aromatic rings. The highest BCUT2D eigenvalue weighted by molar-refractivity contribution is 5.66. The molecule has 24 heavy (non-hydrogen) atoms. The average Bonchev–Trinajstić information content (AvgIpc) is 2.89. The molecule has 3 heteroatoms. The number of fused-ring (bicyclic) bond motifs is 1. The summed E-state index contributed by atoms with van der Waals surface area (Å²) in [6.45, 7) is 14.0. The number of aromatic hydroxyl groups is 1. The molecule has 0 unspecified atom stereocenters. The summed E-state index contributed by atoms with van der Waals surface area (Å²) in [5.74, 6) is 1.64. The number of nitrogens with zero attached hydrogens (tertiary/aromatic N) is 2. The van der Waals surface area contributed by atoms with Gasteiger partial charge in [-0.25, -0.2) is 4.98 Å². The van der Waals surface area contributed by atoms with E-state index in [1.54, 1.807) is 0 Å². The van der Waals surface area contributed by atoms with E-state index in [9.17, 15) is 5.11 Å². The van der Waals surface area contributed by atoms with E-state index in [-0.39, 0.29) is 10.8 Å². The van der Waals surface area contributed by atoms with Crippen LogP contribution in [0.15, 0.2) is 18.3 Å². The van der Waals surface area contributed by atoms with Crippen LogP contribution in [0, 0.1) is 0 Å². The lowest BCUT2D eigenvalue weighted by Crippen LogP contribution is -2.18. The first kappa shape index (κ1) is 17.1. The third kappa shape index (κ3) is 2.97. The number of imidazole rings is 1. The third-order valence-corrected chi connectivity index (χ3v) is 4.99. The van der Waals surface area contributed by atoms with Crippen molar-refractivity contribution in [3.05, 3.63) is 35.3 Å². The van der Waals surface area contributed by atoms with Crippen LogP contribution in [-0.2, 0) is 23.8 Å². The Hall–Kier alpha value is -1.77. The van der Waals surface area contributed by atoms with Gasteiger partial charge in [-0.1, -0.05) is 41.5 Å². The van der Waals surface area contributed by atoms with Crippen LogP contribution in [-0.4, -0.2) is 14.7 Å². The van der Waals surface area contributed by atoms with Crippen molar-refractivity contribution in [2.24, 2.45) is 0 Å². The molecule has 1 N–H and O–H groups in total. The standard InChI is InChI=1S/C21H30N2O/c1-20(2,3)15-11-14(12-16(19(15)24)21(4,5)6)17-13-22-18-9-7-8-10-23(17)18/h11-13,24H,7-10H2,1-6H3. The zero-order chi connectivity index (χ0) is 17.7. The van der Waals surface area contributed by atoms with Crippen LogP contribution in [0.25, 0.3) is 11.3 Å². The summed E-state index contributed by atoms with van der Waals surface area (Å²) in [6.07, 6.45) is 5.52. The molecule has 0 spiro atoms. The second-order valence-electron chi connectivity index (χ2n) is 9.09. The molecule has 1 aromatic heterocycles. The molecule has 130 valence electrons. The van der Waals surface area contributed by atoms with Crippen molar-refractivity contribution in [3.8, 4) is 17.0 Å². The number of hydrogen-bond acceptors (Lipinski definition) is 2. The Morgan fingerprint density at radius 2 is 1.54 bits per heavy atom. The largest absolute Gasteiger partial charge is 0.507 e. The minimum absolute atomic E-state index is 0.106. The maximum Gasteiger partial charge on any atom is 0.123 e. The normalized spacial score (nSPS) is 15.4. The maximum atomic E-state index is 10.9. The van der Waals surface area contributed by atoms with Crippen LogP contribution in [0.4, 0.5) is 0 Å².